The van der Waals surface area contributed by atoms with Gasteiger partial charge in [-0.3, -0.25) is 0 Å². The van der Waals surface area contributed by atoms with Crippen molar-refractivity contribution in [3.63, 3.8) is 0 Å². The van der Waals surface area contributed by atoms with E-state index in [1.807, 2.05) is 24.3 Å². The molecule has 1 rings (SSSR count). The van der Waals surface area contributed by atoms with Gasteiger partial charge in [0.2, 0.25) is 0 Å². The maximum atomic E-state index is 8.79. The lowest BCUT2D eigenvalue weighted by Crippen LogP contribution is -1.69. The fraction of sp³-hybridized carbons (Fsp3) is 0.333. The Labute approximate surface area is 81.3 Å². The van der Waals surface area contributed by atoms with Crippen LogP contribution in [0.2, 0.25) is 0 Å². The zero-order chi connectivity index (χ0) is 8.81. The van der Waals surface area contributed by atoms with Gasteiger partial charge in [0.25, 0.3) is 0 Å². The molecule has 0 unspecified atom stereocenters. The van der Waals surface area contributed by atoms with Crippen LogP contribution < -0.4 is 0 Å². The highest BCUT2D eigenvalue weighted by Gasteiger charge is 1.93. The van der Waals surface area contributed by atoms with E-state index < -0.39 is 0 Å². The molecule has 0 bridgehead atoms. The van der Waals surface area contributed by atoms with Crippen LogP contribution in [0.1, 0.15) is 16.2 Å². The number of hydrogen-bond donors (Lipinski definition) is 1. The third kappa shape index (κ3) is 2.97. The zero-order valence-electron chi connectivity index (χ0n) is 6.66. The van der Waals surface area contributed by atoms with Crippen LogP contribution >= 0.6 is 22.9 Å². The summed E-state index contributed by atoms with van der Waals surface area (Å²) < 4.78 is 0. The van der Waals surface area contributed by atoms with Crippen LogP contribution in [-0.2, 0) is 6.61 Å². The van der Waals surface area contributed by atoms with Crippen LogP contribution in [-0.4, -0.2) is 11.0 Å². The Hall–Kier alpha value is -0.310. The van der Waals surface area contributed by atoms with E-state index in [9.17, 15) is 0 Å². The van der Waals surface area contributed by atoms with Crippen LogP contribution in [0.5, 0.6) is 0 Å². The van der Waals surface area contributed by atoms with E-state index in [0.717, 1.165) is 11.3 Å². The monoisotopic (exact) mass is 202 g/mol. The molecule has 0 aliphatic heterocycles. The standard InChI is InChI=1S/C9H11ClOS/c10-6-2-1-3-8-4-5-9(7-11)12-8/h1,3-5,11H,2,6-7H2. The zero-order valence-corrected chi connectivity index (χ0v) is 8.24. The van der Waals surface area contributed by atoms with E-state index in [1.165, 1.54) is 4.88 Å². The van der Waals surface area contributed by atoms with Gasteiger partial charge in [0.05, 0.1) is 6.61 Å². The summed E-state index contributed by atoms with van der Waals surface area (Å²) in [5.74, 6) is 0.661. The Morgan fingerprint density at radius 3 is 2.92 bits per heavy atom. The first-order valence-corrected chi connectivity index (χ1v) is 5.14. The molecule has 1 aromatic heterocycles. The third-order valence-electron chi connectivity index (χ3n) is 1.40. The molecule has 0 fully saturated rings. The van der Waals surface area contributed by atoms with Gasteiger partial charge in [-0.25, -0.2) is 0 Å². The lowest BCUT2D eigenvalue weighted by molar-refractivity contribution is 0.285. The van der Waals surface area contributed by atoms with Crippen LogP contribution in [0.3, 0.4) is 0 Å². The molecule has 0 spiro atoms. The van der Waals surface area contributed by atoms with Crippen molar-refractivity contribution in [3.05, 3.63) is 28.0 Å². The van der Waals surface area contributed by atoms with Crippen molar-refractivity contribution in [1.82, 2.24) is 0 Å². The Morgan fingerprint density at radius 2 is 2.33 bits per heavy atom. The minimum absolute atomic E-state index is 0.133. The van der Waals surface area contributed by atoms with Crippen LogP contribution in [0, 0.1) is 0 Å². The molecule has 66 valence electrons. The highest BCUT2D eigenvalue weighted by molar-refractivity contribution is 7.12. The summed E-state index contributed by atoms with van der Waals surface area (Å²) in [6, 6.07) is 3.94. The minimum atomic E-state index is 0.133. The largest absolute Gasteiger partial charge is 0.391 e. The summed E-state index contributed by atoms with van der Waals surface area (Å²) in [7, 11) is 0. The van der Waals surface area contributed by atoms with Gasteiger partial charge >= 0.3 is 0 Å². The molecule has 3 heteroatoms. The molecule has 1 heterocycles. The summed E-state index contributed by atoms with van der Waals surface area (Å²) in [6.07, 6.45) is 4.97. The number of halogens is 1. The lowest BCUT2D eigenvalue weighted by Gasteiger charge is -1.84. The van der Waals surface area contributed by atoms with Gasteiger partial charge in [-0.15, -0.1) is 22.9 Å². The molecular weight excluding hydrogens is 192 g/mol. The molecule has 0 aromatic carbocycles. The average molecular weight is 203 g/mol. The average Bonchev–Trinajstić information content (AvgIpc) is 2.53. The number of allylic oxidation sites excluding steroid dienone is 1. The Balaban J connectivity index is 2.51. The highest BCUT2D eigenvalue weighted by Crippen LogP contribution is 2.17. The van der Waals surface area contributed by atoms with Crippen molar-refractivity contribution >= 4 is 29.0 Å². The molecular formula is C9H11ClOS. The number of thiophene rings is 1. The summed E-state index contributed by atoms with van der Waals surface area (Å²) in [5, 5.41) is 8.79. The van der Waals surface area contributed by atoms with E-state index in [0.29, 0.717) is 5.88 Å². The Morgan fingerprint density at radius 1 is 1.50 bits per heavy atom. The predicted molar refractivity (Wildman–Crippen MR) is 54.6 cm³/mol. The van der Waals surface area contributed by atoms with Gasteiger partial charge in [0.15, 0.2) is 0 Å². The summed E-state index contributed by atoms with van der Waals surface area (Å²) >= 11 is 7.12. The summed E-state index contributed by atoms with van der Waals surface area (Å²) in [6.45, 7) is 0.133. The predicted octanol–water partition coefficient (Wildman–Crippen LogP) is 2.88. The number of aliphatic hydroxyl groups excluding tert-OH is 1. The second-order valence-electron chi connectivity index (χ2n) is 2.34. The fourth-order valence-electron chi connectivity index (χ4n) is 0.832. The molecule has 0 saturated carbocycles. The van der Waals surface area contributed by atoms with Crippen molar-refractivity contribution in [3.8, 4) is 0 Å². The topological polar surface area (TPSA) is 20.2 Å². The van der Waals surface area contributed by atoms with Crippen LogP contribution in [0.15, 0.2) is 18.2 Å². The van der Waals surface area contributed by atoms with E-state index in [2.05, 4.69) is 0 Å². The minimum Gasteiger partial charge on any atom is -0.391 e. The lowest BCUT2D eigenvalue weighted by atomic mass is 10.3. The molecule has 0 saturated heterocycles. The van der Waals surface area contributed by atoms with E-state index in [1.54, 1.807) is 11.3 Å². The van der Waals surface area contributed by atoms with Crippen molar-refractivity contribution in [1.29, 1.82) is 0 Å². The number of rotatable bonds is 4. The van der Waals surface area contributed by atoms with Crippen molar-refractivity contribution in [2.75, 3.05) is 5.88 Å². The van der Waals surface area contributed by atoms with Crippen molar-refractivity contribution in [2.24, 2.45) is 0 Å². The maximum Gasteiger partial charge on any atom is 0.0774 e. The van der Waals surface area contributed by atoms with Gasteiger partial charge in [-0.2, -0.15) is 0 Å². The van der Waals surface area contributed by atoms with Gasteiger partial charge in [-0.1, -0.05) is 6.08 Å². The summed E-state index contributed by atoms with van der Waals surface area (Å²) in [5.41, 5.74) is 0. The molecule has 0 radical (unpaired) electrons. The third-order valence-corrected chi connectivity index (χ3v) is 2.65. The fourth-order valence-corrected chi connectivity index (χ4v) is 1.76. The first-order chi connectivity index (χ1) is 5.86. The SMILES string of the molecule is OCc1ccc(C=CCCCl)s1. The molecule has 0 aliphatic rings. The molecule has 12 heavy (non-hydrogen) atoms. The first-order valence-electron chi connectivity index (χ1n) is 3.79. The second kappa shape index (κ2) is 5.36. The highest BCUT2D eigenvalue weighted by atomic mass is 35.5. The number of alkyl halides is 1. The number of hydrogen-bond acceptors (Lipinski definition) is 2. The summed E-state index contributed by atoms with van der Waals surface area (Å²) in [4.78, 5) is 2.17. The normalized spacial score (nSPS) is 11.2. The second-order valence-corrected chi connectivity index (χ2v) is 3.92. The van der Waals surface area contributed by atoms with Crippen LogP contribution in [0.4, 0.5) is 0 Å². The molecule has 1 aromatic rings. The van der Waals surface area contributed by atoms with Crippen LogP contribution in [0.25, 0.3) is 6.08 Å². The maximum absolute atomic E-state index is 8.79. The molecule has 0 aliphatic carbocycles. The van der Waals surface area contributed by atoms with E-state index in [-0.39, 0.29) is 6.61 Å². The van der Waals surface area contributed by atoms with Gasteiger partial charge in [0, 0.05) is 15.6 Å². The van der Waals surface area contributed by atoms with Crippen molar-refractivity contribution in [2.45, 2.75) is 13.0 Å². The Bertz CT molecular complexity index is 255. The molecule has 1 nitrogen and oxygen atoms in total. The molecule has 0 amide bonds. The van der Waals surface area contributed by atoms with E-state index >= 15 is 0 Å². The quantitative estimate of drug-likeness (QED) is 0.745. The smallest absolute Gasteiger partial charge is 0.0774 e. The molecule has 0 atom stereocenters. The van der Waals surface area contributed by atoms with Gasteiger partial charge < -0.3 is 5.11 Å². The van der Waals surface area contributed by atoms with Gasteiger partial charge in [0.1, 0.15) is 0 Å². The Kier molecular flexibility index (Phi) is 4.36. The van der Waals surface area contributed by atoms with Crippen molar-refractivity contribution < 1.29 is 5.11 Å². The number of aliphatic hydroxyl groups is 1. The molecule has 1 N–H and O–H groups in total. The van der Waals surface area contributed by atoms with E-state index in [4.69, 9.17) is 16.7 Å². The first kappa shape index (κ1) is 9.78. The van der Waals surface area contributed by atoms with Gasteiger partial charge in [-0.05, 0) is 24.6 Å².